The first kappa shape index (κ1) is 12.6. The van der Waals surface area contributed by atoms with Crippen LogP contribution in [0.4, 0.5) is 5.82 Å². The molecule has 2 aromatic rings. The molecule has 0 aliphatic heterocycles. The van der Waals surface area contributed by atoms with Crippen LogP contribution in [-0.2, 0) is 0 Å². The second-order valence-electron chi connectivity index (χ2n) is 3.92. The summed E-state index contributed by atoms with van der Waals surface area (Å²) in [5, 5.41) is 23.0. The van der Waals surface area contributed by atoms with Gasteiger partial charge in [0, 0.05) is 17.0 Å². The molecule has 2 rings (SSSR count). The lowest BCUT2D eigenvalue weighted by molar-refractivity contribution is 0.203. The predicted molar refractivity (Wildman–Crippen MR) is 69.9 cm³/mol. The quantitative estimate of drug-likeness (QED) is 0.736. The van der Waals surface area contributed by atoms with Crippen LogP contribution >= 0.6 is 0 Å². The van der Waals surface area contributed by atoms with E-state index in [1.54, 1.807) is 13.3 Å². The summed E-state index contributed by atoms with van der Waals surface area (Å²) >= 11 is 0. The fourth-order valence-electron chi connectivity index (χ4n) is 1.81. The van der Waals surface area contributed by atoms with Crippen LogP contribution in [0.3, 0.4) is 0 Å². The maximum absolute atomic E-state index is 9.09. The average Bonchev–Trinajstić information content (AvgIpc) is 2.44. The van der Waals surface area contributed by atoms with Crippen molar-refractivity contribution in [3.8, 4) is 5.75 Å². The molecule has 1 aromatic heterocycles. The third-order valence-electron chi connectivity index (χ3n) is 2.77. The minimum Gasteiger partial charge on any atom is -0.496 e. The number of hydrogen-bond donors (Lipinski definition) is 3. The molecule has 0 bridgehead atoms. The third-order valence-corrected chi connectivity index (χ3v) is 2.77. The van der Waals surface area contributed by atoms with E-state index in [-0.39, 0.29) is 13.2 Å². The SMILES string of the molecule is COc1cccc2c(NC(CO)CO)nccc12. The van der Waals surface area contributed by atoms with Crippen molar-refractivity contribution in [1.82, 2.24) is 4.98 Å². The van der Waals surface area contributed by atoms with E-state index in [2.05, 4.69) is 10.3 Å². The van der Waals surface area contributed by atoms with Gasteiger partial charge in [-0.15, -0.1) is 0 Å². The largest absolute Gasteiger partial charge is 0.496 e. The summed E-state index contributed by atoms with van der Waals surface area (Å²) in [4.78, 5) is 4.23. The molecule has 0 amide bonds. The monoisotopic (exact) mass is 248 g/mol. The van der Waals surface area contributed by atoms with E-state index < -0.39 is 6.04 Å². The molecule has 96 valence electrons. The zero-order valence-electron chi connectivity index (χ0n) is 10.1. The molecule has 0 saturated carbocycles. The summed E-state index contributed by atoms with van der Waals surface area (Å²) in [5.41, 5.74) is 0. The number of fused-ring (bicyclic) bond motifs is 1. The van der Waals surface area contributed by atoms with Gasteiger partial charge in [0.2, 0.25) is 0 Å². The van der Waals surface area contributed by atoms with E-state index in [4.69, 9.17) is 14.9 Å². The number of aromatic nitrogens is 1. The van der Waals surface area contributed by atoms with Crippen LogP contribution in [0.25, 0.3) is 10.8 Å². The topological polar surface area (TPSA) is 74.6 Å². The first-order valence-corrected chi connectivity index (χ1v) is 5.70. The number of rotatable bonds is 5. The molecular weight excluding hydrogens is 232 g/mol. The summed E-state index contributed by atoms with van der Waals surface area (Å²) in [6.45, 7) is -0.308. The smallest absolute Gasteiger partial charge is 0.134 e. The standard InChI is InChI=1S/C13H16N2O3/c1-18-12-4-2-3-11-10(12)5-6-14-13(11)15-9(7-16)8-17/h2-6,9,16-17H,7-8H2,1H3,(H,14,15). The van der Waals surface area contributed by atoms with E-state index in [9.17, 15) is 0 Å². The van der Waals surface area contributed by atoms with Crippen molar-refractivity contribution in [2.24, 2.45) is 0 Å². The molecule has 0 aliphatic rings. The highest BCUT2D eigenvalue weighted by molar-refractivity contribution is 5.95. The molecule has 0 fully saturated rings. The molecule has 0 aliphatic carbocycles. The Hall–Kier alpha value is -1.85. The molecule has 0 atom stereocenters. The molecule has 3 N–H and O–H groups in total. The lowest BCUT2D eigenvalue weighted by atomic mass is 10.1. The molecule has 0 spiro atoms. The van der Waals surface area contributed by atoms with Crippen LogP contribution in [0.15, 0.2) is 30.5 Å². The number of nitrogens with one attached hydrogen (secondary N) is 1. The molecule has 0 unspecified atom stereocenters. The van der Waals surface area contributed by atoms with Gasteiger partial charge in [0.15, 0.2) is 0 Å². The van der Waals surface area contributed by atoms with Crippen LogP contribution in [0.5, 0.6) is 5.75 Å². The second kappa shape index (κ2) is 5.66. The van der Waals surface area contributed by atoms with Gasteiger partial charge in [-0.05, 0) is 12.1 Å². The molecule has 0 radical (unpaired) electrons. The van der Waals surface area contributed by atoms with Crippen LogP contribution in [-0.4, -0.2) is 41.6 Å². The number of methoxy groups -OCH3 is 1. The van der Waals surface area contributed by atoms with Gasteiger partial charge in [-0.3, -0.25) is 0 Å². The Morgan fingerprint density at radius 1 is 1.22 bits per heavy atom. The van der Waals surface area contributed by atoms with E-state index in [0.29, 0.717) is 5.82 Å². The second-order valence-corrected chi connectivity index (χ2v) is 3.92. The number of nitrogens with zero attached hydrogens (tertiary/aromatic N) is 1. The lowest BCUT2D eigenvalue weighted by Crippen LogP contribution is -2.28. The van der Waals surface area contributed by atoms with Crippen LogP contribution in [0.2, 0.25) is 0 Å². The molecular formula is C13H16N2O3. The summed E-state index contributed by atoms with van der Waals surface area (Å²) in [5.74, 6) is 1.39. The van der Waals surface area contributed by atoms with Gasteiger partial charge in [0.25, 0.3) is 0 Å². The number of pyridine rings is 1. The van der Waals surface area contributed by atoms with Crippen molar-refractivity contribution in [2.45, 2.75) is 6.04 Å². The Labute approximate surface area is 105 Å². The normalized spacial score (nSPS) is 10.9. The van der Waals surface area contributed by atoms with Gasteiger partial charge >= 0.3 is 0 Å². The summed E-state index contributed by atoms with van der Waals surface area (Å²) < 4.78 is 5.29. The summed E-state index contributed by atoms with van der Waals surface area (Å²) in [7, 11) is 1.62. The molecule has 1 heterocycles. The fourth-order valence-corrected chi connectivity index (χ4v) is 1.81. The van der Waals surface area contributed by atoms with Gasteiger partial charge in [-0.25, -0.2) is 4.98 Å². The highest BCUT2D eigenvalue weighted by Crippen LogP contribution is 2.29. The zero-order valence-corrected chi connectivity index (χ0v) is 10.1. The Kier molecular flexibility index (Phi) is 3.96. The van der Waals surface area contributed by atoms with Crippen molar-refractivity contribution in [1.29, 1.82) is 0 Å². The predicted octanol–water partition coefficient (Wildman–Crippen LogP) is 1.01. The molecule has 18 heavy (non-hydrogen) atoms. The van der Waals surface area contributed by atoms with Gasteiger partial charge in [-0.2, -0.15) is 0 Å². The van der Waals surface area contributed by atoms with Gasteiger partial charge in [0.05, 0.1) is 26.4 Å². The Bertz CT molecular complexity index is 527. The van der Waals surface area contributed by atoms with Gasteiger partial charge < -0.3 is 20.3 Å². The van der Waals surface area contributed by atoms with Crippen molar-refractivity contribution in [3.05, 3.63) is 30.5 Å². The van der Waals surface area contributed by atoms with Crippen molar-refractivity contribution < 1.29 is 14.9 Å². The molecule has 5 nitrogen and oxygen atoms in total. The highest BCUT2D eigenvalue weighted by atomic mass is 16.5. The van der Waals surface area contributed by atoms with E-state index in [0.717, 1.165) is 16.5 Å². The number of ether oxygens (including phenoxy) is 1. The number of aliphatic hydroxyl groups excluding tert-OH is 2. The maximum Gasteiger partial charge on any atom is 0.134 e. The minimum atomic E-state index is -0.422. The van der Waals surface area contributed by atoms with Gasteiger partial charge in [0.1, 0.15) is 11.6 Å². The maximum atomic E-state index is 9.09. The zero-order chi connectivity index (χ0) is 13.0. The van der Waals surface area contributed by atoms with Crippen LogP contribution < -0.4 is 10.1 Å². The van der Waals surface area contributed by atoms with Crippen molar-refractivity contribution in [2.75, 3.05) is 25.6 Å². The van der Waals surface area contributed by atoms with E-state index in [1.165, 1.54) is 0 Å². The van der Waals surface area contributed by atoms with E-state index >= 15 is 0 Å². The number of aliphatic hydroxyl groups is 2. The molecule has 1 aromatic carbocycles. The highest BCUT2D eigenvalue weighted by Gasteiger charge is 2.10. The first-order valence-electron chi connectivity index (χ1n) is 5.70. The fraction of sp³-hybridized carbons (Fsp3) is 0.308. The van der Waals surface area contributed by atoms with Crippen molar-refractivity contribution in [3.63, 3.8) is 0 Å². The first-order chi connectivity index (χ1) is 8.80. The summed E-state index contributed by atoms with van der Waals surface area (Å²) in [6.07, 6.45) is 1.67. The lowest BCUT2D eigenvalue weighted by Gasteiger charge is -2.16. The Morgan fingerprint density at radius 2 is 2.00 bits per heavy atom. The number of hydrogen-bond acceptors (Lipinski definition) is 5. The Balaban J connectivity index is 2.45. The molecule has 0 saturated heterocycles. The van der Waals surface area contributed by atoms with Crippen LogP contribution in [0.1, 0.15) is 0 Å². The summed E-state index contributed by atoms with van der Waals surface area (Å²) in [6, 6.07) is 7.11. The van der Waals surface area contributed by atoms with Crippen LogP contribution in [0, 0.1) is 0 Å². The number of benzene rings is 1. The Morgan fingerprint density at radius 3 is 2.67 bits per heavy atom. The molecule has 5 heteroatoms. The van der Waals surface area contributed by atoms with Crippen molar-refractivity contribution >= 4 is 16.6 Å². The van der Waals surface area contributed by atoms with Gasteiger partial charge in [-0.1, -0.05) is 12.1 Å². The van der Waals surface area contributed by atoms with E-state index in [1.807, 2.05) is 24.3 Å². The third kappa shape index (κ3) is 2.37. The average molecular weight is 248 g/mol. The minimum absolute atomic E-state index is 0.154. The number of anilines is 1.